The smallest absolute Gasteiger partial charge is 0.361 e. The van der Waals surface area contributed by atoms with Crippen molar-refractivity contribution in [2.75, 3.05) is 7.11 Å². The molecule has 132 valence electrons. The first-order valence-electron chi connectivity index (χ1n) is 8.67. The number of ether oxygens (including phenoxy) is 1. The first kappa shape index (κ1) is 17.3. The second kappa shape index (κ2) is 7.65. The van der Waals surface area contributed by atoms with Crippen molar-refractivity contribution in [2.45, 2.75) is 0 Å². The van der Waals surface area contributed by atoms with Crippen LogP contribution in [0.25, 0.3) is 34.2 Å². The fourth-order valence-corrected chi connectivity index (χ4v) is 3.16. The Bertz CT molecular complexity index is 1100. The molecular weight excluding hydrogens is 356 g/mol. The summed E-state index contributed by atoms with van der Waals surface area (Å²) in [5.74, 6) is 1.64. The molecule has 0 atom stereocenters. The number of hydrogen-bond acceptors (Lipinski definition) is 1. The number of methoxy groups -OCH3 is 1. The molecule has 0 spiro atoms. The van der Waals surface area contributed by atoms with Gasteiger partial charge >= 0.3 is 11.3 Å². The third kappa shape index (κ3) is 3.86. The summed E-state index contributed by atoms with van der Waals surface area (Å²) >= 11 is 6.16. The van der Waals surface area contributed by atoms with E-state index < -0.39 is 0 Å². The van der Waals surface area contributed by atoms with E-state index in [9.17, 15) is 0 Å². The largest absolute Gasteiger partial charge is 0.497 e. The summed E-state index contributed by atoms with van der Waals surface area (Å²) in [5, 5.41) is 1.67. The number of halogens is 1. The zero-order valence-electron chi connectivity index (χ0n) is 14.9. The van der Waals surface area contributed by atoms with Gasteiger partial charge in [0, 0.05) is 17.2 Å². The van der Waals surface area contributed by atoms with Crippen molar-refractivity contribution in [2.24, 2.45) is 0 Å². The van der Waals surface area contributed by atoms with Crippen molar-refractivity contribution in [1.82, 2.24) is 0 Å². The molecule has 0 aliphatic heterocycles. The van der Waals surface area contributed by atoms with Crippen LogP contribution in [0.2, 0.25) is 5.02 Å². The zero-order valence-corrected chi connectivity index (χ0v) is 15.6. The maximum atomic E-state index is 6.20. The van der Waals surface area contributed by atoms with Gasteiger partial charge in [-0.05, 0) is 47.5 Å². The van der Waals surface area contributed by atoms with E-state index in [1.54, 1.807) is 7.11 Å². The lowest BCUT2D eigenvalue weighted by Gasteiger charge is -2.01. The number of fused-ring (bicyclic) bond motifs is 1. The average Bonchev–Trinajstić information content (AvgIpc) is 2.72. The Morgan fingerprint density at radius 2 is 1.63 bits per heavy atom. The third-order valence-electron chi connectivity index (χ3n) is 4.38. The van der Waals surface area contributed by atoms with Crippen molar-refractivity contribution in [1.29, 1.82) is 0 Å². The Kier molecular flexibility index (Phi) is 4.91. The van der Waals surface area contributed by atoms with Crippen molar-refractivity contribution in [3.05, 3.63) is 95.2 Å². The molecule has 0 fully saturated rings. The molecule has 0 amide bonds. The van der Waals surface area contributed by atoms with Gasteiger partial charge in [0.25, 0.3) is 0 Å². The van der Waals surface area contributed by atoms with Gasteiger partial charge in [0.1, 0.15) is 5.75 Å². The van der Waals surface area contributed by atoms with Gasteiger partial charge in [0.15, 0.2) is 0 Å². The molecule has 0 bridgehead atoms. The third-order valence-corrected chi connectivity index (χ3v) is 4.62. The van der Waals surface area contributed by atoms with Crippen LogP contribution in [0, 0.1) is 0 Å². The lowest BCUT2D eigenvalue weighted by atomic mass is 10.0. The van der Waals surface area contributed by atoms with E-state index in [0.717, 1.165) is 39.2 Å². The fourth-order valence-electron chi connectivity index (χ4n) is 2.98. The highest BCUT2D eigenvalue weighted by molar-refractivity contribution is 6.31. The lowest BCUT2D eigenvalue weighted by Crippen LogP contribution is -1.86. The Labute approximate surface area is 163 Å². The Balaban J connectivity index is 1.81. The van der Waals surface area contributed by atoms with Gasteiger partial charge in [-0.25, -0.2) is 4.42 Å². The Morgan fingerprint density at radius 1 is 0.852 bits per heavy atom. The van der Waals surface area contributed by atoms with Crippen LogP contribution in [0.1, 0.15) is 11.3 Å². The summed E-state index contributed by atoms with van der Waals surface area (Å²) in [5.41, 5.74) is 3.99. The molecule has 3 aromatic carbocycles. The van der Waals surface area contributed by atoms with Gasteiger partial charge in [-0.15, -0.1) is 0 Å². The van der Waals surface area contributed by atoms with Gasteiger partial charge in [-0.1, -0.05) is 54.1 Å². The van der Waals surface area contributed by atoms with E-state index in [1.165, 1.54) is 0 Å². The molecule has 0 radical (unpaired) electrons. The summed E-state index contributed by atoms with van der Waals surface area (Å²) in [4.78, 5) is 0. The summed E-state index contributed by atoms with van der Waals surface area (Å²) in [7, 11) is 1.66. The van der Waals surface area contributed by atoms with Crippen molar-refractivity contribution in [3.8, 4) is 16.9 Å². The number of benzene rings is 3. The predicted octanol–water partition coefficient (Wildman–Crippen LogP) is 7.21. The van der Waals surface area contributed by atoms with Gasteiger partial charge in [0.2, 0.25) is 0 Å². The van der Waals surface area contributed by atoms with Gasteiger partial charge in [-0.2, -0.15) is 0 Å². The molecule has 2 nitrogen and oxygen atoms in total. The van der Waals surface area contributed by atoms with Crippen LogP contribution in [0.15, 0.2) is 83.3 Å². The van der Waals surface area contributed by atoms with Crippen molar-refractivity contribution in [3.63, 3.8) is 0 Å². The van der Waals surface area contributed by atoms with E-state index >= 15 is 0 Å². The maximum absolute atomic E-state index is 6.20. The number of rotatable bonds is 4. The minimum Gasteiger partial charge on any atom is -0.497 e. The molecule has 27 heavy (non-hydrogen) atoms. The minimum absolute atomic E-state index is 0.693. The molecule has 1 heterocycles. The van der Waals surface area contributed by atoms with E-state index in [1.807, 2.05) is 72.8 Å². The molecule has 0 unspecified atom stereocenters. The van der Waals surface area contributed by atoms with Crippen LogP contribution in [0.4, 0.5) is 0 Å². The molecule has 0 N–H and O–H groups in total. The van der Waals surface area contributed by atoms with Crippen LogP contribution < -0.4 is 4.74 Å². The second-order valence-corrected chi connectivity index (χ2v) is 6.62. The highest BCUT2D eigenvalue weighted by atomic mass is 35.5. The van der Waals surface area contributed by atoms with Crippen LogP contribution in [0.5, 0.6) is 5.75 Å². The van der Waals surface area contributed by atoms with Crippen molar-refractivity contribution < 1.29 is 9.15 Å². The average molecular weight is 374 g/mol. The van der Waals surface area contributed by atoms with Crippen LogP contribution in [-0.4, -0.2) is 7.11 Å². The number of hydrogen-bond donors (Lipinski definition) is 0. The molecule has 3 heteroatoms. The Hall–Kier alpha value is -3.10. The summed E-state index contributed by atoms with van der Waals surface area (Å²) in [6, 6.07) is 25.9. The zero-order chi connectivity index (χ0) is 18.6. The highest BCUT2D eigenvalue weighted by Crippen LogP contribution is 2.31. The summed E-state index contributed by atoms with van der Waals surface area (Å²) < 4.78 is 11.4. The van der Waals surface area contributed by atoms with Crippen LogP contribution >= 0.6 is 11.6 Å². The first-order valence-corrected chi connectivity index (χ1v) is 9.05. The van der Waals surface area contributed by atoms with E-state index in [2.05, 4.69) is 18.2 Å². The van der Waals surface area contributed by atoms with Gasteiger partial charge < -0.3 is 4.74 Å². The molecule has 4 rings (SSSR count). The summed E-state index contributed by atoms with van der Waals surface area (Å²) in [6.45, 7) is 0. The molecule has 0 aliphatic rings. The highest BCUT2D eigenvalue weighted by Gasteiger charge is 2.18. The quantitative estimate of drug-likeness (QED) is 0.352. The fraction of sp³-hybridized carbons (Fsp3) is 0.0417. The normalized spacial score (nSPS) is 11.2. The van der Waals surface area contributed by atoms with Gasteiger partial charge in [-0.3, -0.25) is 0 Å². The molecule has 4 aromatic rings. The molecule has 0 saturated carbocycles. The first-order chi connectivity index (χ1) is 13.2. The van der Waals surface area contributed by atoms with E-state index in [0.29, 0.717) is 5.02 Å². The van der Waals surface area contributed by atoms with Crippen LogP contribution in [-0.2, 0) is 0 Å². The van der Waals surface area contributed by atoms with E-state index in [-0.39, 0.29) is 0 Å². The molecule has 1 aromatic heterocycles. The molecular formula is C24H18ClO2+. The lowest BCUT2D eigenvalue weighted by molar-refractivity contribution is 0.415. The van der Waals surface area contributed by atoms with Crippen molar-refractivity contribution >= 4 is 34.7 Å². The minimum atomic E-state index is 0.693. The van der Waals surface area contributed by atoms with Gasteiger partial charge in [0.05, 0.1) is 18.1 Å². The predicted molar refractivity (Wildman–Crippen MR) is 113 cm³/mol. The van der Waals surface area contributed by atoms with E-state index in [4.69, 9.17) is 20.8 Å². The maximum Gasteiger partial charge on any atom is 0.361 e. The summed E-state index contributed by atoms with van der Waals surface area (Å²) in [6.07, 6.45) is 4.03. The monoisotopic (exact) mass is 373 g/mol. The SMILES string of the molecule is COc1ccc(C=Cc2[o+]c3ccc(Cl)cc3cc2-c2ccccc2)cc1. The second-order valence-electron chi connectivity index (χ2n) is 6.18. The standard InChI is InChI=1S/C24H18ClO2/c1-26-21-11-7-17(8-12-21)9-13-24-22(18-5-3-2-4-6-18)16-19-15-20(25)10-14-23(19)27-24/h2-16H,1H3/q+1. The molecule has 0 saturated heterocycles. The molecule has 0 aliphatic carbocycles. The van der Waals surface area contributed by atoms with Crippen LogP contribution in [0.3, 0.4) is 0 Å². The topological polar surface area (TPSA) is 20.5 Å². The Morgan fingerprint density at radius 3 is 2.37 bits per heavy atom.